The van der Waals surface area contributed by atoms with Gasteiger partial charge in [-0.1, -0.05) is 34.6 Å². The van der Waals surface area contributed by atoms with Crippen molar-refractivity contribution in [3.63, 3.8) is 0 Å². The van der Waals surface area contributed by atoms with Gasteiger partial charge in [0.1, 0.15) is 60.1 Å². The molecule has 4 aliphatic carbocycles. The van der Waals surface area contributed by atoms with E-state index in [1.165, 1.54) is 78.6 Å². The largest absolute Gasteiger partial charge is 0.282 e. The lowest BCUT2D eigenvalue weighted by molar-refractivity contribution is 0.225. The number of nitrogens with zero attached hydrogens (tertiary/aromatic N) is 15. The Labute approximate surface area is 441 Å². The van der Waals surface area contributed by atoms with Gasteiger partial charge in [-0.05, 0) is 132 Å². The van der Waals surface area contributed by atoms with E-state index in [0.29, 0.717) is 11.3 Å². The quantitative estimate of drug-likeness (QED) is 0.107. The van der Waals surface area contributed by atoms with Crippen LogP contribution in [0.4, 0.5) is 0 Å². The molecule has 0 aromatic carbocycles. The first kappa shape index (κ1) is 51.0. The fraction of sp³-hybridized carbons (Fsp3) is 0.375. The molecule has 1 fully saturated rings. The molecule has 14 rings (SSSR count). The van der Waals surface area contributed by atoms with Gasteiger partial charge in [0.25, 0.3) is 0 Å². The van der Waals surface area contributed by atoms with Crippen molar-refractivity contribution in [2.24, 2.45) is 5.41 Å². The van der Waals surface area contributed by atoms with Crippen LogP contribution in [0.5, 0.6) is 0 Å². The van der Waals surface area contributed by atoms with Gasteiger partial charge in [-0.2, -0.15) is 25.5 Å². The number of hydrogen-bond acceptors (Lipinski definition) is 15. The van der Waals surface area contributed by atoms with E-state index in [-0.39, 0.29) is 10.8 Å². The summed E-state index contributed by atoms with van der Waals surface area (Å²) in [5.41, 5.74) is 20.9. The van der Waals surface area contributed by atoms with E-state index in [1.54, 1.807) is 50.1 Å². The van der Waals surface area contributed by atoms with Gasteiger partial charge in [-0.15, -0.1) is 0 Å². The summed E-state index contributed by atoms with van der Waals surface area (Å²) in [6.07, 6.45) is 25.6. The molecule has 2 unspecified atom stereocenters. The first-order chi connectivity index (χ1) is 36.8. The van der Waals surface area contributed by atoms with E-state index in [4.69, 9.17) is 0 Å². The van der Waals surface area contributed by atoms with Crippen LogP contribution < -0.4 is 0 Å². The molecular formula is C56H64N20. The van der Waals surface area contributed by atoms with Crippen LogP contribution in [-0.4, -0.2) is 101 Å². The number of nitrogens with one attached hydrogen (secondary N) is 5. The molecule has 1 saturated carbocycles. The summed E-state index contributed by atoms with van der Waals surface area (Å²) < 4.78 is 0. The van der Waals surface area contributed by atoms with Gasteiger partial charge in [-0.25, -0.2) is 49.8 Å². The summed E-state index contributed by atoms with van der Waals surface area (Å²) in [7, 11) is 0. The van der Waals surface area contributed by atoms with Crippen molar-refractivity contribution in [3.8, 4) is 56.9 Å². The van der Waals surface area contributed by atoms with Crippen LogP contribution in [0.25, 0.3) is 56.9 Å². The second-order valence-corrected chi connectivity index (χ2v) is 21.2. The molecule has 2 bridgehead atoms. The summed E-state index contributed by atoms with van der Waals surface area (Å²) in [4.78, 5) is 40.8. The highest BCUT2D eigenvalue weighted by Gasteiger charge is 2.61. The normalized spacial score (nSPS) is 17.9. The molecule has 2 atom stereocenters. The Morgan fingerprint density at radius 1 is 0.447 bits per heavy atom. The summed E-state index contributed by atoms with van der Waals surface area (Å²) in [5, 5.41) is 36.9. The Bertz CT molecular complexity index is 3480. The molecule has 0 aliphatic heterocycles. The Morgan fingerprint density at radius 2 is 0.961 bits per heavy atom. The Balaban J connectivity index is 0.000000109. The number of hydrogen-bond donors (Lipinski definition) is 5. The molecule has 5 N–H and O–H groups in total. The Morgan fingerprint density at radius 3 is 1.54 bits per heavy atom. The van der Waals surface area contributed by atoms with Gasteiger partial charge in [0, 0.05) is 86.5 Å². The van der Waals surface area contributed by atoms with Crippen LogP contribution in [0, 0.1) is 26.2 Å². The minimum atomic E-state index is 0.200. The van der Waals surface area contributed by atoms with E-state index < -0.39 is 0 Å². The second-order valence-electron chi connectivity index (χ2n) is 21.2. The number of aromatic nitrogens is 20. The highest BCUT2D eigenvalue weighted by atomic mass is 15.2. The third kappa shape index (κ3) is 10.4. The first-order valence-electron chi connectivity index (χ1n) is 25.9. The predicted octanol–water partition coefficient (Wildman–Crippen LogP) is 9.93. The molecule has 20 nitrogen and oxygen atoms in total. The number of rotatable bonds is 5. The van der Waals surface area contributed by atoms with E-state index in [2.05, 4.69) is 135 Å². The molecule has 0 amide bonds. The molecule has 388 valence electrons. The molecular weight excluding hydrogens is 953 g/mol. The maximum Gasteiger partial charge on any atom is 0.116 e. The summed E-state index contributed by atoms with van der Waals surface area (Å²) in [6, 6.07) is 13.4. The van der Waals surface area contributed by atoms with Crippen molar-refractivity contribution in [2.75, 3.05) is 0 Å². The summed E-state index contributed by atoms with van der Waals surface area (Å²) in [6.45, 7) is 17.6. The van der Waals surface area contributed by atoms with E-state index in [0.717, 1.165) is 93.3 Å². The lowest BCUT2D eigenvalue weighted by Gasteiger charge is -2.34. The third-order valence-corrected chi connectivity index (χ3v) is 15.6. The topological polar surface area (TPSA) is 272 Å². The smallest absolute Gasteiger partial charge is 0.116 e. The number of aryl methyl sites for hydroxylation is 4. The van der Waals surface area contributed by atoms with Gasteiger partial charge in [0.15, 0.2) is 0 Å². The van der Waals surface area contributed by atoms with E-state index >= 15 is 0 Å². The lowest BCUT2D eigenvalue weighted by Crippen LogP contribution is -2.32. The van der Waals surface area contributed by atoms with Gasteiger partial charge in [-0.3, -0.25) is 25.5 Å². The Kier molecular flexibility index (Phi) is 14.6. The minimum Gasteiger partial charge on any atom is -0.282 e. The molecule has 4 aliphatic rings. The molecule has 10 aromatic rings. The maximum absolute atomic E-state index is 4.54. The number of aromatic amines is 5. The maximum atomic E-state index is 4.54. The third-order valence-electron chi connectivity index (χ3n) is 15.6. The average molecular weight is 1020 g/mol. The monoisotopic (exact) mass is 1020 g/mol. The van der Waals surface area contributed by atoms with Crippen molar-refractivity contribution in [1.29, 1.82) is 0 Å². The van der Waals surface area contributed by atoms with Crippen LogP contribution in [0.2, 0.25) is 0 Å². The van der Waals surface area contributed by atoms with Crippen LogP contribution in [0.15, 0.2) is 98.9 Å². The molecule has 0 spiro atoms. The van der Waals surface area contributed by atoms with Crippen LogP contribution in [0.3, 0.4) is 0 Å². The molecule has 10 heterocycles. The van der Waals surface area contributed by atoms with Gasteiger partial charge in [0.2, 0.25) is 0 Å². The minimum absolute atomic E-state index is 0.200. The lowest BCUT2D eigenvalue weighted by atomic mass is 9.70. The molecule has 0 saturated heterocycles. The van der Waals surface area contributed by atoms with Crippen molar-refractivity contribution in [1.82, 2.24) is 101 Å². The van der Waals surface area contributed by atoms with Crippen LogP contribution in [0.1, 0.15) is 130 Å². The van der Waals surface area contributed by atoms with Gasteiger partial charge in [0.05, 0.1) is 28.5 Å². The van der Waals surface area contributed by atoms with Gasteiger partial charge < -0.3 is 0 Å². The Hall–Kier alpha value is -8.55. The fourth-order valence-corrected chi connectivity index (χ4v) is 11.1. The highest BCUT2D eigenvalue weighted by Crippen LogP contribution is 2.68. The van der Waals surface area contributed by atoms with Gasteiger partial charge >= 0.3 is 0 Å². The fourth-order valence-electron chi connectivity index (χ4n) is 11.1. The highest BCUT2D eigenvalue weighted by molar-refractivity contribution is 5.66. The van der Waals surface area contributed by atoms with E-state index in [1.807, 2.05) is 63.2 Å². The van der Waals surface area contributed by atoms with Crippen LogP contribution >= 0.6 is 0 Å². The standard InChI is InChI=1S/C15H18N4.C13H16N4.C11H12N4.C9H10N4.C8H8N4/c1-14(2)9-4-6-15(14,3)13-11(9)12(18-19-13)10-5-7-16-8-17-10;1-13(2)6-3-4-9-11(16-17-12(9)13)10-5-7-14-8-15-10;1-2-4-9-8(3-1)11(15-14-9)10-5-6-12-7-13-10;1-6-3-8(11-5-10-6)9-4-7(2)12-13-9;1-6-4-8(12-11-6)7-2-3-9-5-10-7/h5,7-9H,4,6H2,1-3H3,(H,18,19);5,7-8H,3-4,6H2,1-2H3,(H,16,17);5-7H,1-4H2,(H,14,15);3-5H,1-2H3,(H,12,13);2-5H,1H3,(H,11,12). The number of fused-ring (bicyclic) bond motifs is 7. The molecule has 0 radical (unpaired) electrons. The average Bonchev–Trinajstić information content (AvgIpc) is 4.36. The molecule has 10 aromatic heterocycles. The van der Waals surface area contributed by atoms with Crippen molar-refractivity contribution < 1.29 is 0 Å². The zero-order valence-corrected chi connectivity index (χ0v) is 44.4. The zero-order valence-electron chi connectivity index (χ0n) is 44.4. The summed E-state index contributed by atoms with van der Waals surface area (Å²) >= 11 is 0. The van der Waals surface area contributed by atoms with E-state index in [9.17, 15) is 0 Å². The predicted molar refractivity (Wildman–Crippen MR) is 288 cm³/mol. The van der Waals surface area contributed by atoms with Crippen molar-refractivity contribution in [3.05, 3.63) is 150 Å². The molecule has 76 heavy (non-hydrogen) atoms. The SMILES string of the molecule is CC1(C)CCCc2c(-c3ccncn3)n[nH]c21.CC12CCC(c3c(-c4ccncn4)n[nH]c31)C2(C)C.Cc1cc(-c2cc(C)[nH]n2)ncn1.Cc1cc(-c2ccncn2)n[nH]1.c1cc(-c2n[nH]c3c2CCCC3)ncn1. The molecule has 20 heteroatoms. The first-order valence-corrected chi connectivity index (χ1v) is 25.9. The summed E-state index contributed by atoms with van der Waals surface area (Å²) in [5.74, 6) is 0.594. The zero-order chi connectivity index (χ0) is 52.9. The number of H-pyrrole nitrogens is 5. The second kappa shape index (κ2) is 21.7. The van der Waals surface area contributed by atoms with Crippen molar-refractivity contribution >= 4 is 0 Å². The van der Waals surface area contributed by atoms with Crippen molar-refractivity contribution in [2.45, 2.75) is 130 Å². The van der Waals surface area contributed by atoms with Crippen LogP contribution in [-0.2, 0) is 30.1 Å².